The highest BCUT2D eigenvalue weighted by Crippen LogP contribution is 2.11. The summed E-state index contributed by atoms with van der Waals surface area (Å²) in [5.74, 6) is -0.0581. The summed E-state index contributed by atoms with van der Waals surface area (Å²) in [6, 6.07) is 3.63. The van der Waals surface area contributed by atoms with Crippen molar-refractivity contribution in [2.24, 2.45) is 0 Å². The molecule has 8 heteroatoms. The topological polar surface area (TPSA) is 73.0 Å². The molecule has 2 aromatic heterocycles. The van der Waals surface area contributed by atoms with Crippen LogP contribution in [0.15, 0.2) is 22.3 Å². The van der Waals surface area contributed by atoms with E-state index >= 15 is 0 Å². The molecule has 0 bridgehead atoms. The molecule has 1 aliphatic rings. The maximum atomic E-state index is 12.3. The molecule has 0 atom stereocenters. The van der Waals surface area contributed by atoms with Gasteiger partial charge < -0.3 is 4.90 Å². The summed E-state index contributed by atoms with van der Waals surface area (Å²) in [6.45, 7) is 1.50. The summed E-state index contributed by atoms with van der Waals surface area (Å²) >= 11 is 1.41. The van der Waals surface area contributed by atoms with E-state index in [0.717, 1.165) is 43.5 Å². The van der Waals surface area contributed by atoms with E-state index in [-0.39, 0.29) is 18.1 Å². The number of aromatic nitrogens is 4. The van der Waals surface area contributed by atoms with Gasteiger partial charge in [0.1, 0.15) is 11.5 Å². The van der Waals surface area contributed by atoms with Crippen LogP contribution in [0.4, 0.5) is 0 Å². The van der Waals surface area contributed by atoms with E-state index in [2.05, 4.69) is 10.4 Å². The number of thiophene rings is 1. The maximum absolute atomic E-state index is 12.3. The Balaban J connectivity index is 1.73. The molecule has 2 aromatic rings. The SMILES string of the molecule is O=C(Cn1nnn(-c2cccs2)c1=O)N1CCCCCC1. The molecule has 3 heterocycles. The van der Waals surface area contributed by atoms with Crippen molar-refractivity contribution in [3.63, 3.8) is 0 Å². The van der Waals surface area contributed by atoms with E-state index in [1.165, 1.54) is 16.0 Å². The second-order valence-electron chi connectivity index (χ2n) is 5.08. The van der Waals surface area contributed by atoms with Gasteiger partial charge in [-0.25, -0.2) is 4.79 Å². The van der Waals surface area contributed by atoms with E-state index in [1.54, 1.807) is 6.07 Å². The predicted octanol–water partition coefficient (Wildman–Crippen LogP) is 0.893. The van der Waals surface area contributed by atoms with Gasteiger partial charge in [-0.05, 0) is 40.8 Å². The molecule has 0 aliphatic carbocycles. The third kappa shape index (κ3) is 3.05. The Labute approximate surface area is 125 Å². The van der Waals surface area contributed by atoms with Crippen LogP contribution in [0.25, 0.3) is 5.00 Å². The summed E-state index contributed by atoms with van der Waals surface area (Å²) in [6.07, 6.45) is 4.39. The van der Waals surface area contributed by atoms with Crippen LogP contribution in [0.5, 0.6) is 0 Å². The minimum Gasteiger partial charge on any atom is -0.341 e. The number of rotatable bonds is 3. The minimum absolute atomic E-state index is 0.0375. The Bertz CT molecular complexity index is 652. The molecule has 1 amide bonds. The van der Waals surface area contributed by atoms with Crippen LogP contribution >= 0.6 is 11.3 Å². The number of amides is 1. The van der Waals surface area contributed by atoms with Gasteiger partial charge in [0.15, 0.2) is 0 Å². The molecule has 0 saturated carbocycles. The molecule has 7 nitrogen and oxygen atoms in total. The molecule has 0 N–H and O–H groups in total. The van der Waals surface area contributed by atoms with Gasteiger partial charge in [-0.1, -0.05) is 12.8 Å². The quantitative estimate of drug-likeness (QED) is 0.844. The lowest BCUT2D eigenvalue weighted by atomic mass is 10.2. The van der Waals surface area contributed by atoms with Crippen LogP contribution in [-0.2, 0) is 11.3 Å². The Morgan fingerprint density at radius 1 is 1.19 bits per heavy atom. The first kappa shape index (κ1) is 14.0. The average molecular weight is 307 g/mol. The highest BCUT2D eigenvalue weighted by atomic mass is 32.1. The molecule has 21 heavy (non-hydrogen) atoms. The van der Waals surface area contributed by atoms with Gasteiger partial charge in [0.05, 0.1) is 0 Å². The lowest BCUT2D eigenvalue weighted by Gasteiger charge is -2.19. The highest BCUT2D eigenvalue weighted by Gasteiger charge is 2.18. The fourth-order valence-corrected chi connectivity index (χ4v) is 3.12. The number of carbonyl (C=O) groups is 1. The van der Waals surface area contributed by atoms with E-state index in [0.29, 0.717) is 5.00 Å². The van der Waals surface area contributed by atoms with Crippen LogP contribution in [0.2, 0.25) is 0 Å². The molecule has 1 aliphatic heterocycles. The van der Waals surface area contributed by atoms with Crippen LogP contribution in [-0.4, -0.2) is 43.7 Å². The minimum atomic E-state index is -0.374. The maximum Gasteiger partial charge on any atom is 0.369 e. The van der Waals surface area contributed by atoms with E-state index in [1.807, 2.05) is 16.3 Å². The first-order valence-electron chi connectivity index (χ1n) is 7.10. The monoisotopic (exact) mass is 307 g/mol. The normalized spacial score (nSPS) is 15.9. The average Bonchev–Trinajstić information content (AvgIpc) is 3.02. The Hall–Kier alpha value is -1.96. The van der Waals surface area contributed by atoms with E-state index < -0.39 is 0 Å². The third-order valence-corrected chi connectivity index (χ3v) is 4.44. The molecule has 3 rings (SSSR count). The van der Waals surface area contributed by atoms with E-state index in [4.69, 9.17) is 0 Å². The zero-order valence-corrected chi connectivity index (χ0v) is 12.5. The van der Waals surface area contributed by atoms with Crippen LogP contribution in [0, 0.1) is 0 Å². The predicted molar refractivity (Wildman–Crippen MR) is 78.5 cm³/mol. The number of carbonyl (C=O) groups excluding carboxylic acids is 1. The lowest BCUT2D eigenvalue weighted by Crippen LogP contribution is -2.37. The number of likely N-dealkylation sites (tertiary alicyclic amines) is 1. The summed E-state index contributed by atoms with van der Waals surface area (Å²) in [4.78, 5) is 26.3. The lowest BCUT2D eigenvalue weighted by molar-refractivity contribution is -0.132. The summed E-state index contributed by atoms with van der Waals surface area (Å²) in [7, 11) is 0. The van der Waals surface area contributed by atoms with Gasteiger partial charge in [0, 0.05) is 13.1 Å². The van der Waals surface area contributed by atoms with Crippen LogP contribution in [0.1, 0.15) is 25.7 Å². The van der Waals surface area contributed by atoms with E-state index in [9.17, 15) is 9.59 Å². The molecular formula is C13H17N5O2S. The van der Waals surface area contributed by atoms with Crippen LogP contribution < -0.4 is 5.69 Å². The van der Waals surface area contributed by atoms with Crippen molar-refractivity contribution in [2.45, 2.75) is 32.2 Å². The summed E-state index contributed by atoms with van der Waals surface area (Å²) in [5, 5.41) is 10.2. The first-order valence-corrected chi connectivity index (χ1v) is 7.98. The fourth-order valence-electron chi connectivity index (χ4n) is 2.45. The van der Waals surface area contributed by atoms with Crippen molar-refractivity contribution in [2.75, 3.05) is 13.1 Å². The van der Waals surface area contributed by atoms with Gasteiger partial charge in [-0.15, -0.1) is 11.3 Å². The van der Waals surface area contributed by atoms with Crippen molar-refractivity contribution < 1.29 is 4.79 Å². The molecule has 0 unspecified atom stereocenters. The molecule has 0 spiro atoms. The standard InChI is InChI=1S/C13H17N5O2S/c19-11(16-7-3-1-2-4-8-16)10-17-13(20)18(15-14-17)12-6-5-9-21-12/h5-6,9H,1-4,7-8,10H2. The smallest absolute Gasteiger partial charge is 0.341 e. The second kappa shape index (κ2) is 6.21. The number of hydrogen-bond donors (Lipinski definition) is 0. The number of hydrogen-bond acceptors (Lipinski definition) is 5. The zero-order valence-electron chi connectivity index (χ0n) is 11.6. The van der Waals surface area contributed by atoms with Crippen LogP contribution in [0.3, 0.4) is 0 Å². The van der Waals surface area contributed by atoms with Gasteiger partial charge in [-0.3, -0.25) is 4.79 Å². The zero-order chi connectivity index (χ0) is 14.7. The Morgan fingerprint density at radius 2 is 1.95 bits per heavy atom. The largest absolute Gasteiger partial charge is 0.369 e. The first-order chi connectivity index (χ1) is 10.3. The van der Waals surface area contributed by atoms with Gasteiger partial charge >= 0.3 is 5.69 Å². The molecule has 0 aromatic carbocycles. The van der Waals surface area contributed by atoms with Gasteiger partial charge in [0.25, 0.3) is 0 Å². The van der Waals surface area contributed by atoms with Gasteiger partial charge in [-0.2, -0.15) is 9.36 Å². The number of nitrogens with zero attached hydrogens (tertiary/aromatic N) is 5. The van der Waals surface area contributed by atoms with Gasteiger partial charge in [0.2, 0.25) is 5.91 Å². The second-order valence-corrected chi connectivity index (χ2v) is 6.00. The molecule has 1 saturated heterocycles. The Morgan fingerprint density at radius 3 is 2.62 bits per heavy atom. The molecule has 112 valence electrons. The van der Waals surface area contributed by atoms with Crippen molar-refractivity contribution in [3.8, 4) is 5.00 Å². The molecular weight excluding hydrogens is 290 g/mol. The summed E-state index contributed by atoms with van der Waals surface area (Å²) < 4.78 is 2.35. The van der Waals surface area contributed by atoms with Crippen molar-refractivity contribution in [1.29, 1.82) is 0 Å². The third-order valence-electron chi connectivity index (χ3n) is 3.60. The number of tetrazole rings is 1. The van der Waals surface area contributed by atoms with Crippen molar-refractivity contribution in [3.05, 3.63) is 28.0 Å². The Kier molecular flexibility index (Phi) is 4.14. The molecule has 0 radical (unpaired) electrons. The summed E-state index contributed by atoms with van der Waals surface area (Å²) in [5.41, 5.74) is -0.374. The highest BCUT2D eigenvalue weighted by molar-refractivity contribution is 7.12. The van der Waals surface area contributed by atoms with Crippen molar-refractivity contribution in [1.82, 2.24) is 24.7 Å². The molecule has 1 fully saturated rings. The fraction of sp³-hybridized carbons (Fsp3) is 0.538. The van der Waals surface area contributed by atoms with Crippen molar-refractivity contribution >= 4 is 17.2 Å².